The largest absolute Gasteiger partial charge is 0.484 e. The molecule has 2 aromatic rings. The lowest BCUT2D eigenvalue weighted by Crippen LogP contribution is -2.34. The van der Waals surface area contributed by atoms with Crippen LogP contribution in [0.2, 0.25) is 0 Å². The van der Waals surface area contributed by atoms with E-state index in [2.05, 4.69) is 5.32 Å². The molecule has 0 saturated heterocycles. The van der Waals surface area contributed by atoms with Crippen LogP contribution in [0.25, 0.3) is 11.1 Å². The van der Waals surface area contributed by atoms with Crippen LogP contribution in [-0.4, -0.2) is 18.6 Å². The lowest BCUT2D eigenvalue weighted by atomic mass is 10.0. The molecule has 118 valence electrons. The van der Waals surface area contributed by atoms with E-state index in [-0.39, 0.29) is 24.3 Å². The molecule has 1 N–H and O–H groups in total. The van der Waals surface area contributed by atoms with E-state index in [4.69, 9.17) is 10.00 Å². The summed E-state index contributed by atoms with van der Waals surface area (Å²) >= 11 is 0. The van der Waals surface area contributed by atoms with Gasteiger partial charge in [0.1, 0.15) is 11.6 Å². The molecular formula is C18H17FN2O2. The first-order chi connectivity index (χ1) is 11.0. The number of carbonyl (C=O) groups excluding carboxylic acids is 1. The van der Waals surface area contributed by atoms with Crippen molar-refractivity contribution in [1.29, 1.82) is 5.26 Å². The molecule has 4 nitrogen and oxygen atoms in total. The minimum atomic E-state index is -0.468. The summed E-state index contributed by atoms with van der Waals surface area (Å²) in [6.07, 6.45) is 0. The van der Waals surface area contributed by atoms with E-state index in [1.165, 1.54) is 12.1 Å². The minimum Gasteiger partial charge on any atom is -0.484 e. The summed E-state index contributed by atoms with van der Waals surface area (Å²) in [5.74, 6) is -0.470. The van der Waals surface area contributed by atoms with Crippen molar-refractivity contribution >= 4 is 5.91 Å². The molecule has 0 aromatic heterocycles. The van der Waals surface area contributed by atoms with Gasteiger partial charge in [-0.25, -0.2) is 4.39 Å². The molecule has 0 atom stereocenters. The standard InChI is InChI=1S/C18H17FN2O2/c1-12(2)21-18(22)11-23-17-8-15(7-16(19)9-17)14-5-3-4-13(6-14)10-20/h3-9,12H,11H2,1-2H3,(H,21,22). The second-order valence-electron chi connectivity index (χ2n) is 5.38. The summed E-state index contributed by atoms with van der Waals surface area (Å²) in [5, 5.41) is 11.6. The lowest BCUT2D eigenvalue weighted by Gasteiger charge is -2.11. The summed E-state index contributed by atoms with van der Waals surface area (Å²) in [6.45, 7) is 3.51. The second kappa shape index (κ2) is 7.41. The van der Waals surface area contributed by atoms with Gasteiger partial charge in [0.05, 0.1) is 11.6 Å². The lowest BCUT2D eigenvalue weighted by molar-refractivity contribution is -0.123. The molecule has 0 heterocycles. The molecule has 0 aliphatic heterocycles. The van der Waals surface area contributed by atoms with Gasteiger partial charge in [0, 0.05) is 12.1 Å². The highest BCUT2D eigenvalue weighted by Crippen LogP contribution is 2.26. The van der Waals surface area contributed by atoms with Crippen molar-refractivity contribution in [2.45, 2.75) is 19.9 Å². The van der Waals surface area contributed by atoms with Crippen LogP contribution in [0.15, 0.2) is 42.5 Å². The summed E-state index contributed by atoms with van der Waals surface area (Å²) in [4.78, 5) is 11.6. The van der Waals surface area contributed by atoms with Crippen molar-refractivity contribution in [1.82, 2.24) is 5.32 Å². The van der Waals surface area contributed by atoms with E-state index in [1.807, 2.05) is 19.9 Å². The number of nitriles is 1. The molecule has 0 spiro atoms. The van der Waals surface area contributed by atoms with Crippen molar-refractivity contribution < 1.29 is 13.9 Å². The Morgan fingerprint density at radius 2 is 2.04 bits per heavy atom. The van der Waals surface area contributed by atoms with Crippen molar-refractivity contribution in [3.05, 3.63) is 53.8 Å². The zero-order valence-electron chi connectivity index (χ0n) is 13.0. The number of benzene rings is 2. The van der Waals surface area contributed by atoms with Crippen molar-refractivity contribution in [2.75, 3.05) is 6.61 Å². The highest BCUT2D eigenvalue weighted by atomic mass is 19.1. The molecule has 0 bridgehead atoms. The van der Waals surface area contributed by atoms with Crippen LogP contribution in [0.4, 0.5) is 4.39 Å². The molecule has 0 unspecified atom stereocenters. The van der Waals surface area contributed by atoms with Crippen molar-refractivity contribution in [2.24, 2.45) is 0 Å². The van der Waals surface area contributed by atoms with Gasteiger partial charge in [-0.1, -0.05) is 12.1 Å². The third-order valence-electron chi connectivity index (χ3n) is 3.02. The zero-order chi connectivity index (χ0) is 16.8. The average Bonchev–Trinajstić information content (AvgIpc) is 2.52. The van der Waals surface area contributed by atoms with Gasteiger partial charge >= 0.3 is 0 Å². The minimum absolute atomic E-state index is 0.0166. The predicted octanol–water partition coefficient (Wildman–Crippen LogP) is 3.27. The smallest absolute Gasteiger partial charge is 0.258 e. The third kappa shape index (κ3) is 4.82. The fourth-order valence-electron chi connectivity index (χ4n) is 2.09. The number of nitrogens with zero attached hydrogens (tertiary/aromatic N) is 1. The number of ether oxygens (including phenoxy) is 1. The van der Waals surface area contributed by atoms with Crippen LogP contribution in [0.5, 0.6) is 5.75 Å². The molecule has 0 saturated carbocycles. The maximum atomic E-state index is 13.8. The Morgan fingerprint density at radius 1 is 1.26 bits per heavy atom. The Morgan fingerprint density at radius 3 is 2.74 bits per heavy atom. The normalized spacial score (nSPS) is 10.2. The number of halogens is 1. The average molecular weight is 312 g/mol. The molecular weight excluding hydrogens is 295 g/mol. The fourth-order valence-corrected chi connectivity index (χ4v) is 2.09. The molecule has 2 aromatic carbocycles. The number of nitrogens with one attached hydrogen (secondary N) is 1. The van der Waals surface area contributed by atoms with Crippen LogP contribution >= 0.6 is 0 Å². The van der Waals surface area contributed by atoms with Gasteiger partial charge in [-0.05, 0) is 49.2 Å². The van der Waals surface area contributed by atoms with Gasteiger partial charge in [-0.15, -0.1) is 0 Å². The number of carbonyl (C=O) groups is 1. The summed E-state index contributed by atoms with van der Waals surface area (Å²) in [6, 6.07) is 13.1. The molecule has 0 aliphatic carbocycles. The fraction of sp³-hybridized carbons (Fsp3) is 0.222. The van der Waals surface area contributed by atoms with Gasteiger partial charge in [0.25, 0.3) is 5.91 Å². The van der Waals surface area contributed by atoms with Crippen LogP contribution in [0.1, 0.15) is 19.4 Å². The van der Waals surface area contributed by atoms with E-state index < -0.39 is 5.82 Å². The first-order valence-electron chi connectivity index (χ1n) is 7.21. The second-order valence-corrected chi connectivity index (χ2v) is 5.38. The Hall–Kier alpha value is -2.87. The maximum absolute atomic E-state index is 13.8. The monoisotopic (exact) mass is 312 g/mol. The van der Waals surface area contributed by atoms with Gasteiger partial charge in [-0.2, -0.15) is 5.26 Å². The molecule has 0 radical (unpaired) electrons. The van der Waals surface area contributed by atoms with E-state index in [1.54, 1.807) is 30.3 Å². The number of amides is 1. The van der Waals surface area contributed by atoms with Crippen LogP contribution in [-0.2, 0) is 4.79 Å². The zero-order valence-corrected chi connectivity index (χ0v) is 13.0. The first kappa shape index (κ1) is 16.5. The third-order valence-corrected chi connectivity index (χ3v) is 3.02. The SMILES string of the molecule is CC(C)NC(=O)COc1cc(F)cc(-c2cccc(C#N)c2)c1. The van der Waals surface area contributed by atoms with E-state index in [9.17, 15) is 9.18 Å². The number of hydrogen-bond acceptors (Lipinski definition) is 3. The quantitative estimate of drug-likeness (QED) is 0.921. The Kier molecular flexibility index (Phi) is 5.32. The topological polar surface area (TPSA) is 62.1 Å². The first-order valence-corrected chi connectivity index (χ1v) is 7.21. The van der Waals surface area contributed by atoms with E-state index in [0.717, 1.165) is 0 Å². The van der Waals surface area contributed by atoms with E-state index in [0.29, 0.717) is 16.7 Å². The highest BCUT2D eigenvalue weighted by Gasteiger charge is 2.08. The molecule has 0 aliphatic rings. The molecule has 1 amide bonds. The van der Waals surface area contributed by atoms with Crippen LogP contribution in [0, 0.1) is 17.1 Å². The molecule has 23 heavy (non-hydrogen) atoms. The molecule has 2 rings (SSSR count). The van der Waals surface area contributed by atoms with Gasteiger partial charge < -0.3 is 10.1 Å². The number of rotatable bonds is 5. The van der Waals surface area contributed by atoms with Gasteiger partial charge in [0.2, 0.25) is 0 Å². The van der Waals surface area contributed by atoms with Crippen molar-refractivity contribution in [3.63, 3.8) is 0 Å². The van der Waals surface area contributed by atoms with E-state index >= 15 is 0 Å². The predicted molar refractivity (Wildman–Crippen MR) is 85.3 cm³/mol. The Bertz CT molecular complexity index is 751. The van der Waals surface area contributed by atoms with Crippen LogP contribution < -0.4 is 10.1 Å². The molecule has 0 fully saturated rings. The van der Waals surface area contributed by atoms with Crippen LogP contribution in [0.3, 0.4) is 0 Å². The maximum Gasteiger partial charge on any atom is 0.258 e. The van der Waals surface area contributed by atoms with Gasteiger partial charge in [-0.3, -0.25) is 4.79 Å². The summed E-state index contributed by atoms with van der Waals surface area (Å²) < 4.78 is 19.1. The Labute approximate surface area is 134 Å². The van der Waals surface area contributed by atoms with Crippen molar-refractivity contribution in [3.8, 4) is 22.9 Å². The summed E-state index contributed by atoms with van der Waals surface area (Å²) in [7, 11) is 0. The Balaban J connectivity index is 2.19. The number of hydrogen-bond donors (Lipinski definition) is 1. The summed E-state index contributed by atoms with van der Waals surface area (Å²) in [5.41, 5.74) is 1.78. The highest BCUT2D eigenvalue weighted by molar-refractivity contribution is 5.77. The van der Waals surface area contributed by atoms with Gasteiger partial charge in [0.15, 0.2) is 6.61 Å². The molecule has 5 heteroatoms.